The third-order valence-electron chi connectivity index (χ3n) is 3.00. The van der Waals surface area contributed by atoms with Crippen LogP contribution < -0.4 is 5.14 Å². The Morgan fingerprint density at radius 3 is 2.63 bits per heavy atom. The molecule has 1 aliphatic rings. The highest BCUT2D eigenvalue weighted by Gasteiger charge is 2.25. The number of halogens is 1. The largest absolute Gasteiger partial charge is 0.462 e. The van der Waals surface area contributed by atoms with Crippen molar-refractivity contribution < 1.29 is 17.9 Å². The Balaban J connectivity index is 2.33. The summed E-state index contributed by atoms with van der Waals surface area (Å²) < 4.78 is 28.0. The van der Waals surface area contributed by atoms with E-state index in [9.17, 15) is 13.2 Å². The molecule has 0 unspecified atom stereocenters. The second kappa shape index (κ2) is 5.11. The predicted octanol–water partition coefficient (Wildman–Crippen LogP) is 1.86. The van der Waals surface area contributed by atoms with Gasteiger partial charge in [0, 0.05) is 5.02 Å². The van der Waals surface area contributed by atoms with Crippen molar-refractivity contribution in [3.05, 3.63) is 28.3 Å². The number of nitrogens with two attached hydrogens (primary N) is 1. The van der Waals surface area contributed by atoms with E-state index in [1.54, 1.807) is 0 Å². The van der Waals surface area contributed by atoms with Crippen LogP contribution in [-0.2, 0) is 14.8 Å². The number of sulfonamides is 1. The van der Waals surface area contributed by atoms with Gasteiger partial charge in [0.25, 0.3) is 0 Å². The standard InChI is InChI=1S/C12H14ClNO4S/c1-7-10(12(15)18-6-8-2-3-8)4-9(13)5-11(7)19(14,16)17/h4-5,8H,2-3,6H2,1H3,(H2,14,16,17). The van der Waals surface area contributed by atoms with Crippen molar-refractivity contribution >= 4 is 27.6 Å². The number of esters is 1. The summed E-state index contributed by atoms with van der Waals surface area (Å²) in [5.74, 6) is -0.141. The van der Waals surface area contributed by atoms with Crippen LogP contribution in [-0.4, -0.2) is 21.0 Å². The number of hydrogen-bond acceptors (Lipinski definition) is 4. The quantitative estimate of drug-likeness (QED) is 0.860. The number of hydrogen-bond donors (Lipinski definition) is 1. The summed E-state index contributed by atoms with van der Waals surface area (Å²) in [7, 11) is -3.92. The molecule has 1 aromatic rings. The van der Waals surface area contributed by atoms with Crippen molar-refractivity contribution in [2.24, 2.45) is 11.1 Å². The van der Waals surface area contributed by atoms with Gasteiger partial charge < -0.3 is 4.74 Å². The van der Waals surface area contributed by atoms with E-state index < -0.39 is 16.0 Å². The molecular formula is C12H14ClNO4S. The van der Waals surface area contributed by atoms with E-state index in [-0.39, 0.29) is 21.0 Å². The molecule has 1 fully saturated rings. The van der Waals surface area contributed by atoms with Crippen LogP contribution in [0.2, 0.25) is 5.02 Å². The van der Waals surface area contributed by atoms with Crippen LogP contribution in [0.4, 0.5) is 0 Å². The lowest BCUT2D eigenvalue weighted by atomic mass is 10.1. The number of primary sulfonamides is 1. The summed E-state index contributed by atoms with van der Waals surface area (Å²) in [6, 6.07) is 2.62. The first-order valence-electron chi connectivity index (χ1n) is 5.79. The van der Waals surface area contributed by atoms with Crippen LogP contribution in [0.3, 0.4) is 0 Å². The van der Waals surface area contributed by atoms with Crippen molar-refractivity contribution in [2.45, 2.75) is 24.7 Å². The van der Waals surface area contributed by atoms with Crippen LogP contribution in [0.25, 0.3) is 0 Å². The van der Waals surface area contributed by atoms with Gasteiger partial charge in [0.2, 0.25) is 10.0 Å². The molecule has 0 spiro atoms. The Kier molecular flexibility index (Phi) is 3.85. The molecule has 104 valence electrons. The lowest BCUT2D eigenvalue weighted by Crippen LogP contribution is -2.17. The van der Waals surface area contributed by atoms with Crippen molar-refractivity contribution in [2.75, 3.05) is 6.61 Å². The van der Waals surface area contributed by atoms with Gasteiger partial charge in [-0.1, -0.05) is 11.6 Å². The molecule has 2 rings (SSSR count). The van der Waals surface area contributed by atoms with E-state index in [0.717, 1.165) is 12.8 Å². The number of benzene rings is 1. The van der Waals surface area contributed by atoms with E-state index in [2.05, 4.69) is 0 Å². The Morgan fingerprint density at radius 2 is 2.11 bits per heavy atom. The number of carbonyl (C=O) groups is 1. The number of rotatable bonds is 4. The molecule has 5 nitrogen and oxygen atoms in total. The van der Waals surface area contributed by atoms with E-state index in [1.165, 1.54) is 19.1 Å². The van der Waals surface area contributed by atoms with Gasteiger partial charge in [0.15, 0.2) is 0 Å². The topological polar surface area (TPSA) is 86.5 Å². The molecule has 0 bridgehead atoms. The van der Waals surface area contributed by atoms with Gasteiger partial charge >= 0.3 is 5.97 Å². The average Bonchev–Trinajstić information content (AvgIpc) is 3.11. The molecule has 0 saturated heterocycles. The molecule has 0 heterocycles. The SMILES string of the molecule is Cc1c(C(=O)OCC2CC2)cc(Cl)cc1S(N)(=O)=O. The maximum absolute atomic E-state index is 11.9. The Labute approximate surface area is 116 Å². The fourth-order valence-electron chi connectivity index (χ4n) is 1.72. The van der Waals surface area contributed by atoms with Crippen molar-refractivity contribution in [1.29, 1.82) is 0 Å². The molecule has 0 aromatic heterocycles. The Morgan fingerprint density at radius 1 is 1.47 bits per heavy atom. The zero-order chi connectivity index (χ0) is 14.2. The summed E-state index contributed by atoms with van der Waals surface area (Å²) in [6.45, 7) is 1.86. The van der Waals surface area contributed by atoms with Gasteiger partial charge in [0.05, 0.1) is 17.1 Å². The molecule has 7 heteroatoms. The normalized spacial score (nSPS) is 15.3. The summed E-state index contributed by atoms with van der Waals surface area (Å²) in [6.07, 6.45) is 2.12. The number of carbonyl (C=O) groups excluding carboxylic acids is 1. The van der Waals surface area contributed by atoms with Crippen molar-refractivity contribution in [3.63, 3.8) is 0 Å². The first-order valence-corrected chi connectivity index (χ1v) is 7.71. The average molecular weight is 304 g/mol. The van der Waals surface area contributed by atoms with E-state index in [1.807, 2.05) is 0 Å². The van der Waals surface area contributed by atoms with Crippen LogP contribution >= 0.6 is 11.6 Å². The lowest BCUT2D eigenvalue weighted by Gasteiger charge is -2.10. The zero-order valence-electron chi connectivity index (χ0n) is 10.3. The second-order valence-electron chi connectivity index (χ2n) is 4.66. The zero-order valence-corrected chi connectivity index (χ0v) is 11.9. The maximum Gasteiger partial charge on any atom is 0.338 e. The Bertz CT molecular complexity index is 623. The van der Waals surface area contributed by atoms with Gasteiger partial charge in [0.1, 0.15) is 0 Å². The first kappa shape index (κ1) is 14.3. The fourth-order valence-corrected chi connectivity index (χ4v) is 2.83. The third kappa shape index (κ3) is 3.46. The lowest BCUT2D eigenvalue weighted by molar-refractivity contribution is 0.0485. The van der Waals surface area contributed by atoms with Crippen LogP contribution in [0.15, 0.2) is 17.0 Å². The smallest absolute Gasteiger partial charge is 0.338 e. The van der Waals surface area contributed by atoms with Gasteiger partial charge in [-0.15, -0.1) is 0 Å². The number of ether oxygens (including phenoxy) is 1. The summed E-state index contributed by atoms with van der Waals surface area (Å²) in [5, 5.41) is 5.22. The second-order valence-corrected chi connectivity index (χ2v) is 6.63. The fraction of sp³-hybridized carbons (Fsp3) is 0.417. The highest BCUT2D eigenvalue weighted by Crippen LogP contribution is 2.30. The molecular weight excluding hydrogens is 290 g/mol. The van der Waals surface area contributed by atoms with E-state index in [0.29, 0.717) is 12.5 Å². The summed E-state index contributed by atoms with van der Waals surface area (Å²) in [5.41, 5.74) is 0.393. The highest BCUT2D eigenvalue weighted by atomic mass is 35.5. The highest BCUT2D eigenvalue weighted by molar-refractivity contribution is 7.89. The molecule has 0 radical (unpaired) electrons. The van der Waals surface area contributed by atoms with Gasteiger partial charge in [-0.2, -0.15) is 0 Å². The van der Waals surface area contributed by atoms with E-state index >= 15 is 0 Å². The minimum absolute atomic E-state index is 0.132. The van der Waals surface area contributed by atoms with Crippen molar-refractivity contribution in [3.8, 4) is 0 Å². The summed E-state index contributed by atoms with van der Waals surface area (Å²) in [4.78, 5) is 11.8. The maximum atomic E-state index is 11.9. The molecule has 0 atom stereocenters. The molecule has 2 N–H and O–H groups in total. The third-order valence-corrected chi connectivity index (χ3v) is 4.25. The minimum Gasteiger partial charge on any atom is -0.462 e. The molecule has 1 aliphatic carbocycles. The Hall–Kier alpha value is -1.11. The minimum atomic E-state index is -3.92. The van der Waals surface area contributed by atoms with Gasteiger partial charge in [-0.3, -0.25) is 0 Å². The van der Waals surface area contributed by atoms with Crippen molar-refractivity contribution in [1.82, 2.24) is 0 Å². The molecule has 19 heavy (non-hydrogen) atoms. The molecule has 1 aromatic carbocycles. The monoisotopic (exact) mass is 303 g/mol. The molecule has 1 saturated carbocycles. The van der Waals surface area contributed by atoms with Gasteiger partial charge in [-0.05, 0) is 43.4 Å². The first-order chi connectivity index (χ1) is 8.79. The molecule has 0 aliphatic heterocycles. The predicted molar refractivity (Wildman–Crippen MR) is 70.6 cm³/mol. The van der Waals surface area contributed by atoms with Gasteiger partial charge in [-0.25, -0.2) is 18.4 Å². The van der Waals surface area contributed by atoms with Crippen LogP contribution in [0.1, 0.15) is 28.8 Å². The van der Waals surface area contributed by atoms with Crippen LogP contribution in [0, 0.1) is 12.8 Å². The van der Waals surface area contributed by atoms with Crippen LogP contribution in [0.5, 0.6) is 0 Å². The molecule has 0 amide bonds. The van der Waals surface area contributed by atoms with E-state index in [4.69, 9.17) is 21.5 Å². The summed E-state index contributed by atoms with van der Waals surface area (Å²) >= 11 is 5.82.